The number of benzene rings is 2. The summed E-state index contributed by atoms with van der Waals surface area (Å²) in [5.74, 6) is 1.46. The van der Waals surface area contributed by atoms with E-state index in [2.05, 4.69) is 33.3 Å². The molecule has 1 aliphatic carbocycles. The van der Waals surface area contributed by atoms with E-state index >= 15 is 0 Å². The monoisotopic (exact) mass is 383 g/mol. The normalized spacial score (nSPS) is 16.7. The van der Waals surface area contributed by atoms with Crippen molar-refractivity contribution >= 4 is 22.5 Å². The number of hydrogen-bond acceptors (Lipinski definition) is 5. The van der Waals surface area contributed by atoms with Gasteiger partial charge in [0.25, 0.3) is 0 Å². The molecule has 0 radical (unpaired) electrons. The van der Waals surface area contributed by atoms with Gasteiger partial charge >= 0.3 is 0 Å². The van der Waals surface area contributed by atoms with Gasteiger partial charge in [-0.05, 0) is 25.0 Å². The maximum absolute atomic E-state index is 12.3. The van der Waals surface area contributed by atoms with Crippen LogP contribution < -0.4 is 4.90 Å². The molecule has 6 heteroatoms. The Morgan fingerprint density at radius 2 is 1.62 bits per heavy atom. The van der Waals surface area contributed by atoms with E-state index in [1.54, 1.807) is 12.1 Å². The molecular formula is C23H21N5O. The topological polar surface area (TPSA) is 73.1 Å². The number of piperazine rings is 1. The molecule has 5 rings (SSSR count). The predicted molar refractivity (Wildman–Crippen MR) is 111 cm³/mol. The minimum absolute atomic E-state index is 0.272. The van der Waals surface area contributed by atoms with Gasteiger partial charge in [-0.25, -0.2) is 0 Å². The molecule has 0 N–H and O–H groups in total. The number of nitriles is 1. The molecule has 0 unspecified atom stereocenters. The van der Waals surface area contributed by atoms with Crippen molar-refractivity contribution in [3.8, 4) is 17.3 Å². The Balaban J connectivity index is 1.45. The number of carbonyl (C=O) groups is 1. The smallest absolute Gasteiger partial charge is 0.225 e. The summed E-state index contributed by atoms with van der Waals surface area (Å²) in [4.78, 5) is 16.5. The van der Waals surface area contributed by atoms with Crippen LogP contribution in [0.15, 0.2) is 48.5 Å². The number of rotatable bonds is 3. The van der Waals surface area contributed by atoms with Crippen LogP contribution in [0.3, 0.4) is 0 Å². The van der Waals surface area contributed by atoms with Crippen molar-refractivity contribution in [1.29, 1.82) is 5.26 Å². The zero-order valence-corrected chi connectivity index (χ0v) is 16.1. The number of hydrogen-bond donors (Lipinski definition) is 0. The summed E-state index contributed by atoms with van der Waals surface area (Å²) >= 11 is 0. The first kappa shape index (κ1) is 17.6. The third kappa shape index (κ3) is 3.29. The zero-order valence-electron chi connectivity index (χ0n) is 16.1. The summed E-state index contributed by atoms with van der Waals surface area (Å²) in [5.41, 5.74) is 2.39. The summed E-state index contributed by atoms with van der Waals surface area (Å²) in [6.45, 7) is 3.02. The van der Waals surface area contributed by atoms with Crippen molar-refractivity contribution in [3.05, 3.63) is 54.1 Å². The largest absolute Gasteiger partial charge is 0.351 e. The van der Waals surface area contributed by atoms with E-state index in [-0.39, 0.29) is 5.92 Å². The third-order valence-corrected chi connectivity index (χ3v) is 5.77. The SMILES string of the molecule is N#Cc1ccc(-c2nnc(N3CCN(C(=O)C4CC4)CC3)c3ccccc23)cc1. The van der Waals surface area contributed by atoms with E-state index < -0.39 is 0 Å². The first-order valence-electron chi connectivity index (χ1n) is 10.0. The Labute approximate surface area is 169 Å². The van der Waals surface area contributed by atoms with Crippen molar-refractivity contribution in [1.82, 2.24) is 15.1 Å². The molecule has 144 valence electrons. The summed E-state index contributed by atoms with van der Waals surface area (Å²) in [7, 11) is 0. The van der Waals surface area contributed by atoms with Gasteiger partial charge in [0.05, 0.1) is 11.6 Å². The molecule has 1 amide bonds. The van der Waals surface area contributed by atoms with E-state index in [0.29, 0.717) is 11.5 Å². The van der Waals surface area contributed by atoms with E-state index in [0.717, 1.165) is 66.9 Å². The second-order valence-corrected chi connectivity index (χ2v) is 7.69. The van der Waals surface area contributed by atoms with Crippen molar-refractivity contribution in [2.75, 3.05) is 31.1 Å². The fourth-order valence-electron chi connectivity index (χ4n) is 3.97. The highest BCUT2D eigenvalue weighted by molar-refractivity contribution is 6.00. The van der Waals surface area contributed by atoms with E-state index in [9.17, 15) is 4.79 Å². The molecule has 2 aromatic carbocycles. The number of amides is 1. The van der Waals surface area contributed by atoms with E-state index in [1.807, 2.05) is 29.2 Å². The van der Waals surface area contributed by atoms with Crippen molar-refractivity contribution < 1.29 is 4.79 Å². The Morgan fingerprint density at radius 1 is 0.931 bits per heavy atom. The van der Waals surface area contributed by atoms with E-state index in [4.69, 9.17) is 5.26 Å². The summed E-state index contributed by atoms with van der Waals surface area (Å²) in [6, 6.07) is 17.7. The standard InChI is InChI=1S/C23H21N5O/c24-15-16-5-7-17(8-6-16)21-19-3-1-2-4-20(19)22(26-25-21)27-11-13-28(14-12-27)23(29)18-9-10-18/h1-8,18H,9-14H2. The average Bonchev–Trinajstić information content (AvgIpc) is 3.64. The lowest BCUT2D eigenvalue weighted by Gasteiger charge is -2.35. The molecule has 3 aromatic rings. The van der Waals surface area contributed by atoms with Gasteiger partial charge in [0.2, 0.25) is 5.91 Å². The maximum atomic E-state index is 12.3. The van der Waals surface area contributed by atoms with Crippen molar-refractivity contribution in [2.24, 2.45) is 5.92 Å². The van der Waals surface area contributed by atoms with Gasteiger partial charge in [0, 0.05) is 48.4 Å². The molecule has 2 aliphatic rings. The van der Waals surface area contributed by atoms with Gasteiger partial charge in [0.1, 0.15) is 5.69 Å². The Bertz CT molecular complexity index is 1110. The lowest BCUT2D eigenvalue weighted by molar-refractivity contribution is -0.132. The van der Waals surface area contributed by atoms with Crippen LogP contribution in [0.1, 0.15) is 18.4 Å². The molecule has 29 heavy (non-hydrogen) atoms. The molecule has 0 atom stereocenters. The highest BCUT2D eigenvalue weighted by Crippen LogP contribution is 2.33. The molecule has 1 saturated carbocycles. The van der Waals surface area contributed by atoms with Crippen LogP contribution in [-0.2, 0) is 4.79 Å². The highest BCUT2D eigenvalue weighted by Gasteiger charge is 2.35. The molecule has 2 heterocycles. The van der Waals surface area contributed by atoms with Gasteiger partial charge in [-0.2, -0.15) is 5.26 Å². The number of fused-ring (bicyclic) bond motifs is 1. The number of anilines is 1. The van der Waals surface area contributed by atoms with Crippen LogP contribution in [0.5, 0.6) is 0 Å². The van der Waals surface area contributed by atoms with Gasteiger partial charge in [0.15, 0.2) is 5.82 Å². The minimum atomic E-state index is 0.272. The molecule has 0 spiro atoms. The third-order valence-electron chi connectivity index (χ3n) is 5.77. The lowest BCUT2D eigenvalue weighted by Crippen LogP contribution is -2.49. The van der Waals surface area contributed by atoms with Crippen LogP contribution in [-0.4, -0.2) is 47.2 Å². The van der Waals surface area contributed by atoms with Crippen molar-refractivity contribution in [3.63, 3.8) is 0 Å². The summed E-state index contributed by atoms with van der Waals surface area (Å²) in [5, 5.41) is 20.2. The molecule has 1 aromatic heterocycles. The van der Waals surface area contributed by atoms with Crippen LogP contribution in [0, 0.1) is 17.2 Å². The molecule has 1 aliphatic heterocycles. The second kappa shape index (κ2) is 7.17. The molecular weight excluding hydrogens is 362 g/mol. The van der Waals surface area contributed by atoms with Gasteiger partial charge in [-0.1, -0.05) is 36.4 Å². The number of carbonyl (C=O) groups excluding carboxylic acids is 1. The predicted octanol–water partition coefficient (Wildman–Crippen LogP) is 3.23. The van der Waals surface area contributed by atoms with Crippen molar-refractivity contribution in [2.45, 2.75) is 12.8 Å². The van der Waals surface area contributed by atoms with Gasteiger partial charge in [-0.15, -0.1) is 10.2 Å². The summed E-state index contributed by atoms with van der Waals surface area (Å²) < 4.78 is 0. The Hall–Kier alpha value is -3.46. The number of nitrogens with zero attached hydrogens (tertiary/aromatic N) is 5. The first-order chi connectivity index (χ1) is 14.2. The fourth-order valence-corrected chi connectivity index (χ4v) is 3.97. The number of aromatic nitrogens is 2. The minimum Gasteiger partial charge on any atom is -0.351 e. The molecule has 1 saturated heterocycles. The summed E-state index contributed by atoms with van der Waals surface area (Å²) in [6.07, 6.45) is 2.10. The zero-order chi connectivity index (χ0) is 19.8. The second-order valence-electron chi connectivity index (χ2n) is 7.69. The van der Waals surface area contributed by atoms with Gasteiger partial charge < -0.3 is 9.80 Å². The highest BCUT2D eigenvalue weighted by atomic mass is 16.2. The first-order valence-corrected chi connectivity index (χ1v) is 10.0. The fraction of sp³-hybridized carbons (Fsp3) is 0.304. The molecule has 2 fully saturated rings. The van der Waals surface area contributed by atoms with Crippen LogP contribution in [0.2, 0.25) is 0 Å². The van der Waals surface area contributed by atoms with Gasteiger partial charge in [-0.3, -0.25) is 4.79 Å². The maximum Gasteiger partial charge on any atom is 0.225 e. The lowest BCUT2D eigenvalue weighted by atomic mass is 10.0. The van der Waals surface area contributed by atoms with E-state index in [1.165, 1.54) is 0 Å². The molecule has 6 nitrogen and oxygen atoms in total. The molecule has 0 bridgehead atoms. The Morgan fingerprint density at radius 3 is 2.28 bits per heavy atom. The van der Waals surface area contributed by atoms with Crippen LogP contribution in [0.4, 0.5) is 5.82 Å². The quantitative estimate of drug-likeness (QED) is 0.694. The van der Waals surface area contributed by atoms with Crippen LogP contribution in [0.25, 0.3) is 22.0 Å². The van der Waals surface area contributed by atoms with Crippen LogP contribution >= 0.6 is 0 Å². The average molecular weight is 383 g/mol. The Kier molecular flexibility index (Phi) is 4.36.